The molecule has 1 heterocycles. The van der Waals surface area contributed by atoms with Crippen molar-refractivity contribution in [1.29, 1.82) is 0 Å². The van der Waals surface area contributed by atoms with E-state index in [4.69, 9.17) is 4.74 Å². The molecule has 0 atom stereocenters. The molecule has 0 aliphatic rings. The van der Waals surface area contributed by atoms with Gasteiger partial charge in [-0.05, 0) is 12.1 Å². The van der Waals surface area contributed by atoms with E-state index in [1.54, 1.807) is 0 Å². The van der Waals surface area contributed by atoms with E-state index in [-0.39, 0.29) is 22.8 Å². The molecule has 0 unspecified atom stereocenters. The summed E-state index contributed by atoms with van der Waals surface area (Å²) in [5, 5.41) is 16.5. The Labute approximate surface area is 122 Å². The molecule has 0 saturated heterocycles. The Morgan fingerprint density at radius 2 is 2.18 bits per heavy atom. The molecule has 0 spiro atoms. The Morgan fingerprint density at radius 3 is 2.73 bits per heavy atom. The van der Waals surface area contributed by atoms with Crippen molar-refractivity contribution in [1.82, 2.24) is 9.78 Å². The third-order valence-electron chi connectivity index (χ3n) is 2.69. The van der Waals surface area contributed by atoms with Crippen molar-refractivity contribution in [3.8, 4) is 5.75 Å². The second-order valence-electron chi connectivity index (χ2n) is 4.05. The number of hydrogen-bond donors (Lipinski definition) is 1. The van der Waals surface area contributed by atoms with Gasteiger partial charge in [0, 0.05) is 12.3 Å². The van der Waals surface area contributed by atoms with Crippen LogP contribution in [0.2, 0.25) is 0 Å². The minimum absolute atomic E-state index is 0.0656. The minimum atomic E-state index is -2.85. The van der Waals surface area contributed by atoms with Crippen molar-refractivity contribution in [2.24, 2.45) is 0 Å². The number of nitro benzene ring substituents is 1. The van der Waals surface area contributed by atoms with Gasteiger partial charge in [0.15, 0.2) is 5.69 Å². The average molecular weight is 312 g/mol. The SMILES string of the molecule is COc1cc([N+](=O)[O-])ccc1NC(=O)c1ccn(C(F)F)n1. The van der Waals surface area contributed by atoms with Crippen LogP contribution in [0.25, 0.3) is 0 Å². The molecule has 0 saturated carbocycles. The van der Waals surface area contributed by atoms with Gasteiger partial charge >= 0.3 is 6.55 Å². The molecular weight excluding hydrogens is 302 g/mol. The number of anilines is 1. The third-order valence-corrected chi connectivity index (χ3v) is 2.69. The molecule has 0 bridgehead atoms. The van der Waals surface area contributed by atoms with Crippen LogP contribution >= 0.6 is 0 Å². The molecule has 116 valence electrons. The standard InChI is InChI=1S/C12H10F2N4O4/c1-22-10-6-7(18(20)21)2-3-8(10)15-11(19)9-4-5-17(16-9)12(13)14/h2-6,12H,1H3,(H,15,19). The van der Waals surface area contributed by atoms with Gasteiger partial charge in [-0.2, -0.15) is 13.9 Å². The number of rotatable bonds is 5. The molecule has 1 N–H and O–H groups in total. The average Bonchev–Trinajstić information content (AvgIpc) is 2.97. The second kappa shape index (κ2) is 6.16. The number of ether oxygens (including phenoxy) is 1. The Balaban J connectivity index is 2.22. The maximum absolute atomic E-state index is 12.4. The van der Waals surface area contributed by atoms with Crippen molar-refractivity contribution in [2.45, 2.75) is 6.55 Å². The van der Waals surface area contributed by atoms with E-state index >= 15 is 0 Å². The summed E-state index contributed by atoms with van der Waals surface area (Å²) in [5.41, 5.74) is -0.276. The van der Waals surface area contributed by atoms with Gasteiger partial charge in [-0.1, -0.05) is 0 Å². The number of amides is 1. The molecule has 1 aromatic heterocycles. The Morgan fingerprint density at radius 1 is 1.45 bits per heavy atom. The van der Waals surface area contributed by atoms with Gasteiger partial charge in [-0.3, -0.25) is 14.9 Å². The lowest BCUT2D eigenvalue weighted by molar-refractivity contribution is -0.384. The lowest BCUT2D eigenvalue weighted by atomic mass is 10.2. The van der Waals surface area contributed by atoms with Gasteiger partial charge in [-0.25, -0.2) is 4.68 Å². The highest BCUT2D eigenvalue weighted by Crippen LogP contribution is 2.29. The van der Waals surface area contributed by atoms with Crippen LogP contribution in [-0.4, -0.2) is 27.7 Å². The van der Waals surface area contributed by atoms with Crippen molar-refractivity contribution >= 4 is 17.3 Å². The monoisotopic (exact) mass is 312 g/mol. The fourth-order valence-electron chi connectivity index (χ4n) is 1.65. The molecule has 0 fully saturated rings. The lowest BCUT2D eigenvalue weighted by Crippen LogP contribution is -2.14. The number of benzene rings is 1. The lowest BCUT2D eigenvalue weighted by Gasteiger charge is -2.08. The summed E-state index contributed by atoms with van der Waals surface area (Å²) in [6.07, 6.45) is 0.965. The summed E-state index contributed by atoms with van der Waals surface area (Å²) in [6, 6.07) is 4.71. The highest BCUT2D eigenvalue weighted by molar-refractivity contribution is 6.03. The summed E-state index contributed by atoms with van der Waals surface area (Å²) >= 11 is 0. The Bertz CT molecular complexity index is 717. The van der Waals surface area contributed by atoms with Crippen LogP contribution in [0.5, 0.6) is 5.75 Å². The highest BCUT2D eigenvalue weighted by atomic mass is 19.3. The molecule has 0 aliphatic heterocycles. The summed E-state index contributed by atoms with van der Waals surface area (Å²) in [6.45, 7) is -2.85. The Hall–Kier alpha value is -3.04. The van der Waals surface area contributed by atoms with E-state index in [2.05, 4.69) is 10.4 Å². The largest absolute Gasteiger partial charge is 0.494 e. The van der Waals surface area contributed by atoms with E-state index in [1.807, 2.05) is 0 Å². The van der Waals surface area contributed by atoms with E-state index in [1.165, 1.54) is 19.2 Å². The highest BCUT2D eigenvalue weighted by Gasteiger charge is 2.17. The molecule has 1 aromatic carbocycles. The zero-order valence-corrected chi connectivity index (χ0v) is 11.2. The number of carbonyl (C=O) groups excluding carboxylic acids is 1. The molecule has 2 rings (SSSR count). The van der Waals surface area contributed by atoms with Crippen LogP contribution in [0.4, 0.5) is 20.2 Å². The fourth-order valence-corrected chi connectivity index (χ4v) is 1.65. The normalized spacial score (nSPS) is 10.5. The summed E-state index contributed by atoms with van der Waals surface area (Å²) in [7, 11) is 1.28. The zero-order valence-electron chi connectivity index (χ0n) is 11.2. The van der Waals surface area contributed by atoms with E-state index in [0.717, 1.165) is 18.3 Å². The first-order valence-corrected chi connectivity index (χ1v) is 5.89. The number of hydrogen-bond acceptors (Lipinski definition) is 5. The van der Waals surface area contributed by atoms with Crippen molar-refractivity contribution in [3.05, 3.63) is 46.3 Å². The summed E-state index contributed by atoms with van der Waals surface area (Å²) in [4.78, 5) is 22.0. The maximum Gasteiger partial charge on any atom is 0.333 e. The first-order valence-electron chi connectivity index (χ1n) is 5.89. The number of aromatic nitrogens is 2. The van der Waals surface area contributed by atoms with Gasteiger partial charge in [0.1, 0.15) is 5.75 Å². The van der Waals surface area contributed by atoms with Crippen molar-refractivity contribution < 1.29 is 23.2 Å². The van der Waals surface area contributed by atoms with Gasteiger partial charge in [0.2, 0.25) is 0 Å². The molecule has 0 aliphatic carbocycles. The van der Waals surface area contributed by atoms with E-state index in [0.29, 0.717) is 4.68 Å². The first kappa shape index (κ1) is 15.4. The number of carbonyl (C=O) groups is 1. The number of non-ortho nitro benzene ring substituents is 1. The smallest absolute Gasteiger partial charge is 0.333 e. The topological polar surface area (TPSA) is 99.3 Å². The van der Waals surface area contributed by atoms with Crippen LogP contribution in [0.15, 0.2) is 30.5 Å². The minimum Gasteiger partial charge on any atom is -0.494 e. The van der Waals surface area contributed by atoms with Crippen LogP contribution in [0, 0.1) is 10.1 Å². The molecule has 10 heteroatoms. The predicted octanol–water partition coefficient (Wildman–Crippen LogP) is 2.45. The van der Waals surface area contributed by atoms with Gasteiger partial charge in [0.25, 0.3) is 11.6 Å². The van der Waals surface area contributed by atoms with Crippen LogP contribution < -0.4 is 10.1 Å². The van der Waals surface area contributed by atoms with E-state index in [9.17, 15) is 23.7 Å². The third kappa shape index (κ3) is 3.16. The van der Waals surface area contributed by atoms with Crippen LogP contribution in [0.3, 0.4) is 0 Å². The molecule has 0 radical (unpaired) electrons. The molecule has 8 nitrogen and oxygen atoms in total. The second-order valence-corrected chi connectivity index (χ2v) is 4.05. The van der Waals surface area contributed by atoms with Crippen LogP contribution in [-0.2, 0) is 0 Å². The first-order chi connectivity index (χ1) is 10.4. The number of nitrogens with zero attached hydrogens (tertiary/aromatic N) is 3. The number of nitro groups is 1. The van der Waals surface area contributed by atoms with E-state index < -0.39 is 17.4 Å². The van der Waals surface area contributed by atoms with Crippen molar-refractivity contribution in [2.75, 3.05) is 12.4 Å². The maximum atomic E-state index is 12.4. The number of nitrogens with one attached hydrogen (secondary N) is 1. The summed E-state index contributed by atoms with van der Waals surface area (Å²) < 4.78 is 30.1. The predicted molar refractivity (Wildman–Crippen MR) is 71.1 cm³/mol. The fraction of sp³-hybridized carbons (Fsp3) is 0.167. The quantitative estimate of drug-likeness (QED) is 0.675. The molecule has 1 amide bonds. The number of methoxy groups -OCH3 is 1. The van der Waals surface area contributed by atoms with Gasteiger partial charge in [-0.15, -0.1) is 0 Å². The van der Waals surface area contributed by atoms with Gasteiger partial charge in [0.05, 0.1) is 23.8 Å². The zero-order chi connectivity index (χ0) is 16.3. The number of halogens is 2. The Kier molecular flexibility index (Phi) is 4.30. The van der Waals surface area contributed by atoms with Gasteiger partial charge < -0.3 is 10.1 Å². The summed E-state index contributed by atoms with van der Waals surface area (Å²) in [5.74, 6) is -0.678. The van der Waals surface area contributed by atoms with Crippen LogP contribution in [0.1, 0.15) is 17.0 Å². The van der Waals surface area contributed by atoms with Crippen molar-refractivity contribution in [3.63, 3.8) is 0 Å². The molecule has 22 heavy (non-hydrogen) atoms. The molecular formula is C12H10F2N4O4. The molecule has 2 aromatic rings. The number of alkyl halides is 2.